The molecule has 20 nitrogen and oxygen atoms in total. The highest BCUT2D eigenvalue weighted by atomic mass is 32.2. The van der Waals surface area contributed by atoms with E-state index in [-0.39, 0.29) is 90.4 Å². The number of ether oxygens (including phenoxy) is 2. The third-order valence-corrected chi connectivity index (χ3v) is 12.6. The van der Waals surface area contributed by atoms with E-state index in [1.807, 2.05) is 69.2 Å². The van der Waals surface area contributed by atoms with Gasteiger partial charge in [-0.1, -0.05) is 34.6 Å². The predicted octanol–water partition coefficient (Wildman–Crippen LogP) is -0.183. The largest absolute Gasteiger partial charge is 0.480 e. The molecule has 0 saturated carbocycles. The number of carboxylic acids is 1. The summed E-state index contributed by atoms with van der Waals surface area (Å²) in [6, 6.07) is -1.86. The lowest BCUT2D eigenvalue weighted by Gasteiger charge is -2.29. The Hall–Kier alpha value is -2.45. The lowest BCUT2D eigenvalue weighted by atomic mass is 9.89. The van der Waals surface area contributed by atoms with Crippen LogP contribution in [-0.2, 0) is 49.2 Å². The van der Waals surface area contributed by atoms with Crippen molar-refractivity contribution in [3.05, 3.63) is 0 Å². The van der Waals surface area contributed by atoms with Gasteiger partial charge in [-0.15, -0.1) is 11.8 Å². The van der Waals surface area contributed by atoms with Gasteiger partial charge in [-0.05, 0) is 59.3 Å². The van der Waals surface area contributed by atoms with Gasteiger partial charge in [0.25, 0.3) is 5.91 Å². The van der Waals surface area contributed by atoms with Gasteiger partial charge in [-0.3, -0.25) is 24.0 Å². The zero-order valence-corrected chi connectivity index (χ0v) is 42.5. The topological polar surface area (TPSA) is 311 Å². The van der Waals surface area contributed by atoms with Gasteiger partial charge in [0.05, 0.1) is 53.5 Å². The lowest BCUT2D eigenvalue weighted by Crippen LogP contribution is -2.51. The minimum Gasteiger partial charge on any atom is -0.480 e. The van der Waals surface area contributed by atoms with Gasteiger partial charge < -0.3 is 61.6 Å². The summed E-state index contributed by atoms with van der Waals surface area (Å²) in [6.07, 6.45) is -3.73. The zero-order chi connectivity index (χ0) is 50.0. The van der Waals surface area contributed by atoms with Crippen LogP contribution in [0.15, 0.2) is 0 Å². The highest BCUT2D eigenvalue weighted by molar-refractivity contribution is 8.00. The number of Topliss-reactive ketones (excluding diaryl/α,β-unsaturated/α-hetero) is 1. The van der Waals surface area contributed by atoms with Gasteiger partial charge in [0.1, 0.15) is 11.8 Å². The molecule has 0 bridgehead atoms. The van der Waals surface area contributed by atoms with E-state index in [9.17, 15) is 58.5 Å². The monoisotopic (exact) mass is 988 g/mol. The number of amides is 4. The average molecular weight is 989 g/mol. The van der Waals surface area contributed by atoms with Gasteiger partial charge in [0.2, 0.25) is 17.7 Å². The van der Waals surface area contributed by atoms with Crippen molar-refractivity contribution in [1.29, 1.82) is 0 Å². The SMILES string of the molecule is CC(C)(CCOC(C)(C)CCC(=O)NC(CSCC(=O)NCCNC(=O)C(O)C(O)CCS(=O)NCCNC(=O)CSCC(NC(C)(C)C)C(O)O)C(=O)O)COCCC(=O)C(C)(C)C. The Morgan fingerprint density at radius 2 is 1.28 bits per heavy atom. The second-order valence-corrected chi connectivity index (χ2v) is 22.6. The number of hydrogen-bond donors (Lipinski definition) is 11. The molecule has 0 aromatic heterocycles. The Morgan fingerprint density at radius 3 is 1.83 bits per heavy atom. The van der Waals surface area contributed by atoms with Crippen molar-refractivity contribution in [2.24, 2.45) is 10.8 Å². The normalized spacial score (nSPS) is 14.8. The Balaban J connectivity index is 4.32. The molecule has 0 aliphatic carbocycles. The fourth-order valence-corrected chi connectivity index (χ4v) is 8.10. The van der Waals surface area contributed by atoms with Crippen LogP contribution in [0.3, 0.4) is 0 Å². The lowest BCUT2D eigenvalue weighted by molar-refractivity contribution is -0.141. The van der Waals surface area contributed by atoms with Crippen LogP contribution >= 0.6 is 23.5 Å². The molecule has 0 radical (unpaired) electrons. The van der Waals surface area contributed by atoms with Crippen LogP contribution in [0.25, 0.3) is 0 Å². The van der Waals surface area contributed by atoms with Crippen molar-refractivity contribution in [1.82, 2.24) is 31.3 Å². The number of aliphatic hydroxyl groups excluding tert-OH is 3. The van der Waals surface area contributed by atoms with Crippen molar-refractivity contribution in [2.75, 3.05) is 74.8 Å². The molecule has 0 fully saturated rings. The summed E-state index contributed by atoms with van der Waals surface area (Å²) in [5.74, 6) is -3.19. The fraction of sp³-hybridized carbons (Fsp3) is 0.857. The van der Waals surface area contributed by atoms with E-state index in [1.54, 1.807) is 0 Å². The van der Waals surface area contributed by atoms with Gasteiger partial charge in [-0.2, -0.15) is 11.8 Å². The molecular weight excluding hydrogens is 909 g/mol. The first-order valence-electron chi connectivity index (χ1n) is 21.8. The Bertz CT molecular complexity index is 1490. The van der Waals surface area contributed by atoms with Gasteiger partial charge in [0.15, 0.2) is 12.4 Å². The molecule has 0 aromatic carbocycles. The predicted molar refractivity (Wildman–Crippen MR) is 253 cm³/mol. The summed E-state index contributed by atoms with van der Waals surface area (Å²) in [5, 5.41) is 62.3. The number of nitrogens with one attached hydrogen (secondary N) is 6. The van der Waals surface area contributed by atoms with Crippen molar-refractivity contribution in [3.63, 3.8) is 0 Å². The zero-order valence-electron chi connectivity index (χ0n) is 40.0. The Labute approximate surface area is 396 Å². The summed E-state index contributed by atoms with van der Waals surface area (Å²) in [7, 11) is -1.64. The quantitative estimate of drug-likeness (QED) is 0.0287. The fourth-order valence-electron chi connectivity index (χ4n) is 5.39. The molecule has 0 heterocycles. The van der Waals surface area contributed by atoms with E-state index in [0.29, 0.717) is 39.1 Å². The van der Waals surface area contributed by atoms with Crippen LogP contribution < -0.4 is 31.3 Å². The van der Waals surface area contributed by atoms with Crippen LogP contribution in [0, 0.1) is 10.8 Å². The highest BCUT2D eigenvalue weighted by Crippen LogP contribution is 2.25. The second-order valence-electron chi connectivity index (χ2n) is 19.1. The van der Waals surface area contributed by atoms with E-state index in [4.69, 9.17) is 9.47 Å². The maximum absolute atomic E-state index is 12.7. The number of ketones is 1. The van der Waals surface area contributed by atoms with E-state index >= 15 is 0 Å². The molecule has 65 heavy (non-hydrogen) atoms. The number of carboxylic acid groups (broad SMARTS) is 1. The minimum atomic E-state index is -1.83. The number of carbonyl (C=O) groups excluding carboxylic acids is 5. The van der Waals surface area contributed by atoms with E-state index < -0.39 is 76.3 Å². The van der Waals surface area contributed by atoms with E-state index in [2.05, 4.69) is 31.3 Å². The molecule has 0 aromatic rings. The average Bonchev–Trinajstić information content (AvgIpc) is 3.18. The third-order valence-electron chi connectivity index (χ3n) is 9.38. The molecule has 380 valence electrons. The molecule has 0 spiro atoms. The van der Waals surface area contributed by atoms with Crippen molar-refractivity contribution in [2.45, 2.75) is 143 Å². The maximum atomic E-state index is 12.7. The molecule has 0 rings (SSSR count). The van der Waals surface area contributed by atoms with Gasteiger partial charge in [0, 0.05) is 73.8 Å². The summed E-state index contributed by atoms with van der Waals surface area (Å²) in [4.78, 5) is 73.3. The molecule has 4 amide bonds. The second kappa shape index (κ2) is 31.6. The molecule has 0 aliphatic heterocycles. The number of aliphatic carboxylic acids is 1. The summed E-state index contributed by atoms with van der Waals surface area (Å²) < 4.78 is 26.8. The summed E-state index contributed by atoms with van der Waals surface area (Å²) in [5.41, 5.74) is -1.61. The minimum absolute atomic E-state index is 0.0207. The first-order valence-corrected chi connectivity index (χ1v) is 25.4. The molecule has 11 N–H and O–H groups in total. The van der Waals surface area contributed by atoms with Crippen LogP contribution in [0.4, 0.5) is 0 Å². The van der Waals surface area contributed by atoms with Crippen molar-refractivity contribution >= 4 is 69.9 Å². The van der Waals surface area contributed by atoms with Crippen LogP contribution in [0.1, 0.15) is 101 Å². The maximum Gasteiger partial charge on any atom is 0.327 e. The number of carbonyl (C=O) groups is 6. The molecule has 23 heteroatoms. The number of aliphatic hydroxyl groups is 4. The smallest absolute Gasteiger partial charge is 0.327 e. The first-order chi connectivity index (χ1) is 29.9. The highest BCUT2D eigenvalue weighted by Gasteiger charge is 2.28. The molecule has 0 saturated heterocycles. The van der Waals surface area contributed by atoms with Crippen molar-refractivity contribution < 1.29 is 68.0 Å². The third kappa shape index (κ3) is 32.8. The standard InChI is InChI=1S/C42H80N6O14S3/c1-39(2,3)31(50)12-20-61-27-41(7,8)15-21-62-42(9,10)14-11-32(51)47-28(37(56)57)23-63-25-33(52)43-16-17-45-36(55)35(54)30(49)13-22-65(60)46-19-18-44-34(53)26-64-24-29(38(58)59)48-40(4,5)6/h28-30,35,38,46,48-49,54,58-59H,11-27H2,1-10H3,(H,43,52)(H,44,53)(H,45,55)(H,47,51)(H,56,57). The van der Waals surface area contributed by atoms with E-state index in [0.717, 1.165) is 11.8 Å². The van der Waals surface area contributed by atoms with E-state index in [1.165, 1.54) is 11.8 Å². The molecule has 5 atom stereocenters. The number of hydrogen-bond acceptors (Lipinski definition) is 16. The van der Waals surface area contributed by atoms with Gasteiger partial charge >= 0.3 is 5.97 Å². The van der Waals surface area contributed by atoms with Crippen molar-refractivity contribution in [3.8, 4) is 0 Å². The molecule has 0 aliphatic rings. The number of rotatable bonds is 36. The Kier molecular flexibility index (Phi) is 30.4. The molecule has 5 unspecified atom stereocenters. The van der Waals surface area contributed by atoms with Crippen LogP contribution in [0.5, 0.6) is 0 Å². The Morgan fingerprint density at radius 1 is 0.708 bits per heavy atom. The van der Waals surface area contributed by atoms with Crippen LogP contribution in [0.2, 0.25) is 0 Å². The first kappa shape index (κ1) is 62.5. The summed E-state index contributed by atoms with van der Waals surface area (Å²) in [6.45, 7) is 20.5. The van der Waals surface area contributed by atoms with Crippen LogP contribution in [-0.4, -0.2) is 182 Å². The van der Waals surface area contributed by atoms with Gasteiger partial charge in [-0.25, -0.2) is 13.7 Å². The summed E-state index contributed by atoms with van der Waals surface area (Å²) >= 11 is 2.22. The molecular formula is C42H80N6O14S3. The number of thioether (sulfide) groups is 2.